The van der Waals surface area contributed by atoms with Gasteiger partial charge in [0.05, 0.1) is 13.7 Å². The quantitative estimate of drug-likeness (QED) is 0.297. The zero-order chi connectivity index (χ0) is 22.1. The van der Waals surface area contributed by atoms with E-state index in [9.17, 15) is 0 Å². The van der Waals surface area contributed by atoms with E-state index in [0.717, 1.165) is 56.6 Å². The van der Waals surface area contributed by atoms with Crippen LogP contribution in [0.1, 0.15) is 30.9 Å². The van der Waals surface area contributed by atoms with Crippen LogP contribution >= 0.6 is 24.0 Å². The van der Waals surface area contributed by atoms with Gasteiger partial charge in [-0.15, -0.1) is 24.0 Å². The molecule has 6 nitrogen and oxygen atoms in total. The van der Waals surface area contributed by atoms with Crippen molar-refractivity contribution in [2.45, 2.75) is 31.7 Å². The average Bonchev–Trinajstić information content (AvgIpc) is 2.81. The van der Waals surface area contributed by atoms with E-state index in [1.807, 2.05) is 38.2 Å². The van der Waals surface area contributed by atoms with Gasteiger partial charge in [0, 0.05) is 45.8 Å². The number of aliphatic imine (C=N–C) groups is 1. The van der Waals surface area contributed by atoms with Gasteiger partial charge in [-0.2, -0.15) is 0 Å². The van der Waals surface area contributed by atoms with Gasteiger partial charge in [-0.25, -0.2) is 0 Å². The minimum Gasteiger partial charge on any atom is -0.497 e. The molecular formula is C25H36IN3O3. The molecule has 7 heteroatoms. The van der Waals surface area contributed by atoms with Crippen LogP contribution in [0.2, 0.25) is 0 Å². The Morgan fingerprint density at radius 2 is 1.69 bits per heavy atom. The molecule has 0 atom stereocenters. The lowest BCUT2D eigenvalue weighted by atomic mass is 9.74. The highest BCUT2D eigenvalue weighted by Gasteiger charge is 2.35. The maximum atomic E-state index is 5.67. The molecule has 2 aromatic carbocycles. The van der Waals surface area contributed by atoms with Crippen LogP contribution in [-0.4, -0.2) is 58.4 Å². The summed E-state index contributed by atoms with van der Waals surface area (Å²) < 4.78 is 16.6. The summed E-state index contributed by atoms with van der Waals surface area (Å²) in [5.41, 5.74) is 2.54. The number of ether oxygens (including phenoxy) is 3. The first-order chi connectivity index (χ1) is 15.1. The third-order valence-corrected chi connectivity index (χ3v) is 5.96. The second-order valence-corrected chi connectivity index (χ2v) is 7.95. The molecule has 0 amide bonds. The van der Waals surface area contributed by atoms with E-state index in [1.54, 1.807) is 7.11 Å². The van der Waals surface area contributed by atoms with Crippen molar-refractivity contribution in [1.82, 2.24) is 10.2 Å². The maximum absolute atomic E-state index is 5.67. The normalized spacial score (nSPS) is 15.4. The summed E-state index contributed by atoms with van der Waals surface area (Å²) in [5.74, 6) is 2.66. The van der Waals surface area contributed by atoms with Crippen molar-refractivity contribution in [3.63, 3.8) is 0 Å². The standard InChI is InChI=1S/C25H35N3O3.HI/c1-5-31-23-10-6-20(7-11-23)18-28(3)24(26-2)27-19-25(14-16-30-17-15-25)21-8-12-22(29-4)13-9-21;/h6-13H,5,14-19H2,1-4H3,(H,26,27);1H. The Kier molecular flexibility index (Phi) is 10.6. The lowest BCUT2D eigenvalue weighted by molar-refractivity contribution is 0.0512. The molecule has 1 fully saturated rings. The van der Waals surface area contributed by atoms with Crippen molar-refractivity contribution in [1.29, 1.82) is 0 Å². The van der Waals surface area contributed by atoms with Crippen molar-refractivity contribution in [3.05, 3.63) is 59.7 Å². The molecule has 0 saturated carbocycles. The highest BCUT2D eigenvalue weighted by Crippen LogP contribution is 2.35. The number of hydrogen-bond donors (Lipinski definition) is 1. The van der Waals surface area contributed by atoms with E-state index in [0.29, 0.717) is 6.61 Å². The van der Waals surface area contributed by atoms with Gasteiger partial charge in [0.1, 0.15) is 11.5 Å². The Morgan fingerprint density at radius 3 is 2.25 bits per heavy atom. The molecule has 0 radical (unpaired) electrons. The third kappa shape index (κ3) is 6.75. The number of benzene rings is 2. The molecule has 0 aliphatic carbocycles. The van der Waals surface area contributed by atoms with Crippen LogP contribution in [0.25, 0.3) is 0 Å². The SMILES string of the molecule is CCOc1ccc(CN(C)C(=NC)NCC2(c3ccc(OC)cc3)CCOCC2)cc1.I. The highest BCUT2D eigenvalue weighted by molar-refractivity contribution is 14.0. The van der Waals surface area contributed by atoms with Gasteiger partial charge < -0.3 is 24.4 Å². The van der Waals surface area contributed by atoms with Crippen molar-refractivity contribution < 1.29 is 14.2 Å². The molecular weight excluding hydrogens is 517 g/mol. The van der Waals surface area contributed by atoms with Crippen LogP contribution < -0.4 is 14.8 Å². The summed E-state index contributed by atoms with van der Waals surface area (Å²) in [7, 11) is 5.60. The Bertz CT molecular complexity index is 835. The second kappa shape index (κ2) is 12.9. The molecule has 0 aromatic heterocycles. The zero-order valence-corrected chi connectivity index (χ0v) is 21.9. The Morgan fingerprint density at radius 1 is 1.06 bits per heavy atom. The fourth-order valence-electron chi connectivity index (χ4n) is 4.11. The van der Waals surface area contributed by atoms with Crippen molar-refractivity contribution in [3.8, 4) is 11.5 Å². The molecule has 1 heterocycles. The second-order valence-electron chi connectivity index (χ2n) is 7.95. The molecule has 32 heavy (non-hydrogen) atoms. The number of guanidine groups is 1. The van der Waals surface area contributed by atoms with E-state index < -0.39 is 0 Å². The van der Waals surface area contributed by atoms with Crippen LogP contribution in [-0.2, 0) is 16.7 Å². The molecule has 0 spiro atoms. The van der Waals surface area contributed by atoms with E-state index in [1.165, 1.54) is 11.1 Å². The molecule has 1 aliphatic rings. The lowest BCUT2D eigenvalue weighted by Gasteiger charge is -2.39. The minimum absolute atomic E-state index is 0. The fraction of sp³-hybridized carbons (Fsp3) is 0.480. The Labute approximate surface area is 209 Å². The molecule has 1 aliphatic heterocycles. The van der Waals surface area contributed by atoms with Gasteiger partial charge in [0.2, 0.25) is 0 Å². The molecule has 3 rings (SSSR count). The number of rotatable bonds is 8. The van der Waals surface area contributed by atoms with Crippen LogP contribution in [0.3, 0.4) is 0 Å². The molecule has 1 saturated heterocycles. The fourth-order valence-corrected chi connectivity index (χ4v) is 4.11. The molecule has 2 aromatic rings. The zero-order valence-electron chi connectivity index (χ0n) is 19.6. The predicted molar refractivity (Wildman–Crippen MR) is 141 cm³/mol. The Hall–Kier alpha value is -2.00. The van der Waals surface area contributed by atoms with Crippen LogP contribution in [0.4, 0.5) is 0 Å². The summed E-state index contributed by atoms with van der Waals surface area (Å²) in [6.07, 6.45) is 1.96. The van der Waals surface area contributed by atoms with Gasteiger partial charge in [-0.1, -0.05) is 24.3 Å². The number of nitrogens with one attached hydrogen (secondary N) is 1. The van der Waals surface area contributed by atoms with E-state index in [4.69, 9.17) is 14.2 Å². The van der Waals surface area contributed by atoms with Gasteiger partial charge in [-0.05, 0) is 55.2 Å². The van der Waals surface area contributed by atoms with E-state index in [-0.39, 0.29) is 29.4 Å². The van der Waals surface area contributed by atoms with E-state index >= 15 is 0 Å². The van der Waals surface area contributed by atoms with Crippen LogP contribution in [0.15, 0.2) is 53.5 Å². The summed E-state index contributed by atoms with van der Waals surface area (Å²) in [4.78, 5) is 6.67. The van der Waals surface area contributed by atoms with Gasteiger partial charge in [-0.3, -0.25) is 4.99 Å². The molecule has 176 valence electrons. The molecule has 1 N–H and O–H groups in total. The summed E-state index contributed by atoms with van der Waals surface area (Å²) in [6, 6.07) is 16.7. The average molecular weight is 553 g/mol. The van der Waals surface area contributed by atoms with Crippen molar-refractivity contribution in [2.75, 3.05) is 47.6 Å². The van der Waals surface area contributed by atoms with Gasteiger partial charge in [0.25, 0.3) is 0 Å². The number of nitrogens with zero attached hydrogens (tertiary/aromatic N) is 2. The number of hydrogen-bond acceptors (Lipinski definition) is 4. The first-order valence-corrected chi connectivity index (χ1v) is 11.0. The molecule has 0 bridgehead atoms. The van der Waals surface area contributed by atoms with E-state index in [2.05, 4.69) is 46.5 Å². The maximum Gasteiger partial charge on any atom is 0.193 e. The highest BCUT2D eigenvalue weighted by atomic mass is 127. The Balaban J connectivity index is 0.00000363. The number of methoxy groups -OCH3 is 1. The first kappa shape index (κ1) is 26.3. The largest absolute Gasteiger partial charge is 0.497 e. The third-order valence-electron chi connectivity index (χ3n) is 5.96. The summed E-state index contributed by atoms with van der Waals surface area (Å²) in [6.45, 7) is 5.79. The minimum atomic E-state index is 0. The summed E-state index contributed by atoms with van der Waals surface area (Å²) >= 11 is 0. The predicted octanol–water partition coefficient (Wildman–Crippen LogP) is 4.47. The number of halogens is 1. The smallest absolute Gasteiger partial charge is 0.193 e. The monoisotopic (exact) mass is 553 g/mol. The lowest BCUT2D eigenvalue weighted by Crippen LogP contribution is -2.48. The molecule has 0 unspecified atom stereocenters. The van der Waals surface area contributed by atoms with Crippen LogP contribution in [0, 0.1) is 0 Å². The van der Waals surface area contributed by atoms with Crippen LogP contribution in [0.5, 0.6) is 11.5 Å². The van der Waals surface area contributed by atoms with Crippen molar-refractivity contribution in [2.24, 2.45) is 4.99 Å². The summed E-state index contributed by atoms with van der Waals surface area (Å²) in [5, 5.41) is 3.62. The van der Waals surface area contributed by atoms with Gasteiger partial charge >= 0.3 is 0 Å². The van der Waals surface area contributed by atoms with Crippen molar-refractivity contribution >= 4 is 29.9 Å². The van der Waals surface area contributed by atoms with Gasteiger partial charge in [0.15, 0.2) is 5.96 Å². The topological polar surface area (TPSA) is 55.3 Å². The first-order valence-electron chi connectivity index (χ1n) is 11.0.